The van der Waals surface area contributed by atoms with Crippen LogP contribution >= 0.6 is 11.6 Å². The molecule has 1 radical (unpaired) electrons. The molecule has 1 aliphatic heterocycles. The smallest absolute Gasteiger partial charge is 0.282 e. The van der Waals surface area contributed by atoms with Crippen molar-refractivity contribution >= 4 is 17.6 Å². The van der Waals surface area contributed by atoms with Gasteiger partial charge in [0.25, 0.3) is 6.02 Å². The summed E-state index contributed by atoms with van der Waals surface area (Å²) in [5, 5.41) is 0.444. The highest BCUT2D eigenvalue weighted by molar-refractivity contribution is 6.29. The Morgan fingerprint density at radius 2 is 2.50 bits per heavy atom. The molecule has 0 amide bonds. The van der Waals surface area contributed by atoms with E-state index in [1.54, 1.807) is 6.07 Å². The van der Waals surface area contributed by atoms with Crippen LogP contribution < -0.4 is 5.73 Å². The molecule has 2 rings (SSSR count). The average molecular weight is 211 g/mol. The second-order valence-corrected chi connectivity index (χ2v) is 3.43. The van der Waals surface area contributed by atoms with Gasteiger partial charge in [0.05, 0.1) is 12.2 Å². The summed E-state index contributed by atoms with van der Waals surface area (Å²) in [5.41, 5.74) is 6.34. The van der Waals surface area contributed by atoms with Crippen LogP contribution in [0.2, 0.25) is 5.15 Å². The first-order chi connectivity index (χ1) is 6.74. The second kappa shape index (κ2) is 3.84. The molecule has 0 saturated carbocycles. The minimum Gasteiger partial charge on any atom is -0.463 e. The van der Waals surface area contributed by atoms with Crippen molar-refractivity contribution in [1.82, 2.24) is 4.98 Å². The lowest BCUT2D eigenvalue weighted by atomic mass is 10.1. The molecule has 0 aromatic carbocycles. The van der Waals surface area contributed by atoms with Gasteiger partial charge in [0.2, 0.25) is 0 Å². The summed E-state index contributed by atoms with van der Waals surface area (Å²) in [6, 6.07) is 3.95. The Bertz CT molecular complexity index is 350. The Morgan fingerprint density at radius 1 is 1.64 bits per heavy atom. The molecule has 5 heteroatoms. The number of hydrogen-bond acceptors (Lipinski definition) is 4. The molecular formula is C9H9ClN3O. The Kier molecular flexibility index (Phi) is 2.54. The molecule has 2 heterocycles. The van der Waals surface area contributed by atoms with E-state index in [2.05, 4.69) is 16.2 Å². The third kappa shape index (κ3) is 2.14. The van der Waals surface area contributed by atoms with E-state index in [0.717, 1.165) is 12.0 Å². The number of aliphatic imine (C=N–C) groups is 1. The molecule has 0 fully saturated rings. The fraction of sp³-hybridized carbons (Fsp3) is 0.333. The van der Waals surface area contributed by atoms with Crippen molar-refractivity contribution in [2.45, 2.75) is 12.5 Å². The molecule has 14 heavy (non-hydrogen) atoms. The quantitative estimate of drug-likeness (QED) is 0.735. The molecule has 1 unspecified atom stereocenters. The van der Waals surface area contributed by atoms with E-state index >= 15 is 0 Å². The summed E-state index contributed by atoms with van der Waals surface area (Å²) in [6.07, 6.45) is 3.56. The predicted molar refractivity (Wildman–Crippen MR) is 53.1 cm³/mol. The summed E-state index contributed by atoms with van der Waals surface area (Å²) >= 11 is 5.64. The highest BCUT2D eigenvalue weighted by Crippen LogP contribution is 2.11. The second-order valence-electron chi connectivity index (χ2n) is 3.04. The van der Waals surface area contributed by atoms with Gasteiger partial charge in [0.15, 0.2) is 0 Å². The third-order valence-corrected chi connectivity index (χ3v) is 2.13. The first-order valence-electron chi connectivity index (χ1n) is 4.23. The van der Waals surface area contributed by atoms with E-state index in [9.17, 15) is 0 Å². The van der Waals surface area contributed by atoms with Crippen molar-refractivity contribution in [2.24, 2.45) is 10.7 Å². The summed E-state index contributed by atoms with van der Waals surface area (Å²) in [7, 11) is 0. The minimum atomic E-state index is 0.0780. The summed E-state index contributed by atoms with van der Waals surface area (Å²) in [4.78, 5) is 7.96. The number of pyridine rings is 1. The molecule has 1 aromatic rings. The first-order valence-corrected chi connectivity index (χ1v) is 4.61. The zero-order valence-corrected chi connectivity index (χ0v) is 8.16. The highest BCUT2D eigenvalue weighted by Gasteiger charge is 2.16. The van der Waals surface area contributed by atoms with Crippen LogP contribution in [0.5, 0.6) is 0 Å². The van der Waals surface area contributed by atoms with Crippen molar-refractivity contribution < 1.29 is 4.74 Å². The van der Waals surface area contributed by atoms with E-state index < -0.39 is 0 Å². The van der Waals surface area contributed by atoms with Crippen molar-refractivity contribution in [3.63, 3.8) is 0 Å². The van der Waals surface area contributed by atoms with Gasteiger partial charge in [-0.3, -0.25) is 0 Å². The van der Waals surface area contributed by atoms with Gasteiger partial charge in [-0.25, -0.2) is 9.98 Å². The average Bonchev–Trinajstić information content (AvgIpc) is 2.56. The minimum absolute atomic E-state index is 0.0780. The van der Waals surface area contributed by atoms with Crippen LogP contribution in [0.1, 0.15) is 5.56 Å². The van der Waals surface area contributed by atoms with Gasteiger partial charge >= 0.3 is 0 Å². The molecule has 0 aliphatic carbocycles. The van der Waals surface area contributed by atoms with Crippen LogP contribution in [0.3, 0.4) is 0 Å². The maximum atomic E-state index is 5.64. The lowest BCUT2D eigenvalue weighted by Crippen LogP contribution is -2.11. The Balaban J connectivity index is 2.01. The zero-order chi connectivity index (χ0) is 9.97. The van der Waals surface area contributed by atoms with E-state index in [0.29, 0.717) is 11.8 Å². The molecule has 73 valence electrons. The highest BCUT2D eigenvalue weighted by atomic mass is 35.5. The van der Waals surface area contributed by atoms with Crippen LogP contribution in [0, 0.1) is 6.20 Å². The number of nitrogens with two attached hydrogens (primary N) is 1. The van der Waals surface area contributed by atoms with E-state index in [4.69, 9.17) is 22.1 Å². The van der Waals surface area contributed by atoms with Crippen LogP contribution in [0.4, 0.5) is 0 Å². The van der Waals surface area contributed by atoms with Gasteiger partial charge in [-0.15, -0.1) is 0 Å². The monoisotopic (exact) mass is 210 g/mol. The van der Waals surface area contributed by atoms with Gasteiger partial charge in [-0.05, 0) is 11.6 Å². The summed E-state index contributed by atoms with van der Waals surface area (Å²) < 4.78 is 5.03. The van der Waals surface area contributed by atoms with Crippen LogP contribution in [-0.4, -0.2) is 23.7 Å². The molecule has 2 N–H and O–H groups in total. The Morgan fingerprint density at radius 3 is 3.07 bits per heavy atom. The number of aromatic nitrogens is 1. The van der Waals surface area contributed by atoms with Gasteiger partial charge in [0, 0.05) is 6.42 Å². The normalized spacial score (nSPS) is 20.4. The van der Waals surface area contributed by atoms with Crippen LogP contribution in [0.15, 0.2) is 17.1 Å². The summed E-state index contributed by atoms with van der Waals surface area (Å²) in [6.45, 7) is 0.530. The Labute approximate surface area is 86.8 Å². The van der Waals surface area contributed by atoms with Crippen molar-refractivity contribution in [1.29, 1.82) is 0 Å². The molecule has 1 atom stereocenters. The predicted octanol–water partition coefficient (Wildman–Crippen LogP) is 0.791. The van der Waals surface area contributed by atoms with E-state index in [1.165, 1.54) is 0 Å². The zero-order valence-electron chi connectivity index (χ0n) is 7.40. The summed E-state index contributed by atoms with van der Waals surface area (Å²) in [5.74, 6) is 0. The number of halogens is 1. The maximum Gasteiger partial charge on any atom is 0.282 e. The number of ether oxygens (including phenoxy) is 1. The van der Waals surface area contributed by atoms with E-state index in [-0.39, 0.29) is 12.1 Å². The largest absolute Gasteiger partial charge is 0.463 e. The topological polar surface area (TPSA) is 60.5 Å². The van der Waals surface area contributed by atoms with Crippen molar-refractivity contribution in [3.8, 4) is 0 Å². The molecule has 0 spiro atoms. The van der Waals surface area contributed by atoms with Gasteiger partial charge in [0.1, 0.15) is 11.8 Å². The number of rotatable bonds is 2. The molecule has 1 aromatic heterocycles. The molecule has 4 nitrogen and oxygen atoms in total. The Hall–Kier alpha value is -1.29. The lowest BCUT2D eigenvalue weighted by Gasteiger charge is -2.03. The fourth-order valence-corrected chi connectivity index (χ4v) is 1.38. The molecule has 0 saturated heterocycles. The van der Waals surface area contributed by atoms with Crippen molar-refractivity contribution in [3.05, 3.63) is 29.0 Å². The van der Waals surface area contributed by atoms with Gasteiger partial charge < -0.3 is 10.5 Å². The van der Waals surface area contributed by atoms with Crippen LogP contribution in [-0.2, 0) is 11.2 Å². The number of nitrogens with zero attached hydrogens (tertiary/aromatic N) is 2. The first kappa shape index (κ1) is 9.27. The standard InChI is InChI=1S/C9H9ClN3O/c10-8-2-1-6(4-12-8)3-7-5-14-9(11)13-7/h1-2,7H,3,5H2,(H2,11,13). The number of amidine groups is 1. The van der Waals surface area contributed by atoms with Gasteiger partial charge in [-0.2, -0.15) is 0 Å². The SMILES string of the molecule is NC1=NC(Cc2[c]nc(Cl)cc2)CO1. The number of hydrogen-bond donors (Lipinski definition) is 1. The fourth-order valence-electron chi connectivity index (χ4n) is 1.28. The van der Waals surface area contributed by atoms with Gasteiger partial charge in [-0.1, -0.05) is 17.7 Å². The molecule has 0 bridgehead atoms. The molecule has 1 aliphatic rings. The maximum absolute atomic E-state index is 5.64. The third-order valence-electron chi connectivity index (χ3n) is 1.92. The van der Waals surface area contributed by atoms with Crippen LogP contribution in [0.25, 0.3) is 0 Å². The molecular weight excluding hydrogens is 202 g/mol. The van der Waals surface area contributed by atoms with E-state index in [1.807, 2.05) is 6.07 Å². The van der Waals surface area contributed by atoms with Crippen molar-refractivity contribution in [2.75, 3.05) is 6.61 Å². The lowest BCUT2D eigenvalue weighted by molar-refractivity contribution is 0.312.